The molecule has 0 aliphatic rings. The third-order valence-electron chi connectivity index (χ3n) is 5.48. The van der Waals surface area contributed by atoms with Crippen molar-refractivity contribution < 1.29 is 9.59 Å². The Morgan fingerprint density at radius 1 is 0.943 bits per heavy atom. The van der Waals surface area contributed by atoms with Crippen LogP contribution < -0.4 is 16.0 Å². The van der Waals surface area contributed by atoms with Crippen LogP contribution in [-0.4, -0.2) is 28.2 Å². The van der Waals surface area contributed by atoms with Crippen molar-refractivity contribution in [2.75, 3.05) is 10.6 Å². The summed E-state index contributed by atoms with van der Waals surface area (Å²) in [5, 5.41) is 18.2. The zero-order valence-corrected chi connectivity index (χ0v) is 20.8. The number of carbonyl (C=O) groups excluding carboxylic acids is 2. The third-order valence-corrected chi connectivity index (χ3v) is 6.61. The number of urea groups is 1. The summed E-state index contributed by atoms with van der Waals surface area (Å²) in [7, 11) is 0. The van der Waals surface area contributed by atoms with Gasteiger partial charge in [-0.3, -0.25) is 10.1 Å². The highest BCUT2D eigenvalue weighted by Gasteiger charge is 2.23. The molecule has 3 aromatic carbocycles. The monoisotopic (exact) mass is 505 g/mol. The van der Waals surface area contributed by atoms with Gasteiger partial charge in [0.2, 0.25) is 11.0 Å². The van der Waals surface area contributed by atoms with E-state index in [4.69, 9.17) is 11.6 Å². The van der Waals surface area contributed by atoms with Crippen molar-refractivity contribution in [1.29, 1.82) is 0 Å². The first-order valence-electron chi connectivity index (χ1n) is 11.0. The Labute approximate surface area is 212 Å². The highest BCUT2D eigenvalue weighted by atomic mass is 35.5. The lowest BCUT2D eigenvalue weighted by Gasteiger charge is -2.19. The minimum Gasteiger partial charge on any atom is -0.326 e. The Hall–Kier alpha value is -3.75. The molecule has 0 spiro atoms. The van der Waals surface area contributed by atoms with Gasteiger partial charge < -0.3 is 10.6 Å². The van der Waals surface area contributed by atoms with Gasteiger partial charge in [-0.2, -0.15) is 0 Å². The second-order valence-electron chi connectivity index (χ2n) is 8.00. The molecule has 178 valence electrons. The van der Waals surface area contributed by atoms with Crippen LogP contribution >= 0.6 is 22.9 Å². The quantitative estimate of drug-likeness (QED) is 0.293. The van der Waals surface area contributed by atoms with Crippen molar-refractivity contribution in [2.45, 2.75) is 26.3 Å². The number of halogens is 1. The summed E-state index contributed by atoms with van der Waals surface area (Å²) in [6.07, 6.45) is 0.312. The maximum atomic E-state index is 13.2. The first-order chi connectivity index (χ1) is 16.9. The lowest BCUT2D eigenvalue weighted by Crippen LogP contribution is -2.47. The smallest absolute Gasteiger partial charge is 0.319 e. The molecule has 3 amide bonds. The van der Waals surface area contributed by atoms with E-state index >= 15 is 0 Å². The molecular weight excluding hydrogens is 482 g/mol. The zero-order valence-electron chi connectivity index (χ0n) is 19.2. The van der Waals surface area contributed by atoms with Gasteiger partial charge in [0.1, 0.15) is 11.0 Å². The van der Waals surface area contributed by atoms with Gasteiger partial charge in [-0.05, 0) is 48.7 Å². The summed E-state index contributed by atoms with van der Waals surface area (Å²) in [6, 6.07) is 21.1. The predicted octanol–water partition coefficient (Wildman–Crippen LogP) is 5.85. The molecule has 0 aliphatic carbocycles. The van der Waals surface area contributed by atoms with Crippen molar-refractivity contribution >= 4 is 45.7 Å². The molecule has 1 heterocycles. The molecule has 3 N–H and O–H groups in total. The molecule has 0 fully saturated rings. The predicted molar refractivity (Wildman–Crippen MR) is 141 cm³/mol. The first-order valence-corrected chi connectivity index (χ1v) is 12.2. The Morgan fingerprint density at radius 2 is 1.71 bits per heavy atom. The third kappa shape index (κ3) is 6.44. The summed E-state index contributed by atoms with van der Waals surface area (Å²) in [6.45, 7) is 3.91. The van der Waals surface area contributed by atoms with E-state index in [1.807, 2.05) is 74.5 Å². The molecule has 9 heteroatoms. The van der Waals surface area contributed by atoms with Crippen LogP contribution in [-0.2, 0) is 11.2 Å². The molecule has 0 aliphatic heterocycles. The maximum absolute atomic E-state index is 13.2. The lowest BCUT2D eigenvalue weighted by molar-refractivity contribution is -0.117. The second-order valence-corrected chi connectivity index (χ2v) is 9.41. The minimum absolute atomic E-state index is 0.312. The molecule has 4 aromatic rings. The van der Waals surface area contributed by atoms with E-state index in [0.717, 1.165) is 22.3 Å². The molecule has 35 heavy (non-hydrogen) atoms. The van der Waals surface area contributed by atoms with E-state index < -0.39 is 18.0 Å². The molecule has 1 atom stereocenters. The van der Waals surface area contributed by atoms with Crippen LogP contribution in [0.3, 0.4) is 0 Å². The van der Waals surface area contributed by atoms with Crippen molar-refractivity contribution in [3.8, 4) is 10.6 Å². The van der Waals surface area contributed by atoms with E-state index in [-0.39, 0.29) is 0 Å². The fourth-order valence-corrected chi connectivity index (χ4v) is 4.40. The number of benzene rings is 3. The topological polar surface area (TPSA) is 96.0 Å². The summed E-state index contributed by atoms with van der Waals surface area (Å²) >= 11 is 7.30. The number of aromatic nitrogens is 2. The van der Waals surface area contributed by atoms with E-state index in [9.17, 15) is 9.59 Å². The van der Waals surface area contributed by atoms with E-state index in [1.165, 1.54) is 11.3 Å². The number of amides is 3. The summed E-state index contributed by atoms with van der Waals surface area (Å²) in [4.78, 5) is 26.0. The normalized spacial score (nSPS) is 11.5. The van der Waals surface area contributed by atoms with Crippen LogP contribution in [0.2, 0.25) is 5.02 Å². The highest BCUT2D eigenvalue weighted by molar-refractivity contribution is 7.18. The molecule has 1 unspecified atom stereocenters. The summed E-state index contributed by atoms with van der Waals surface area (Å²) < 4.78 is 0. The number of nitrogens with one attached hydrogen (secondary N) is 3. The van der Waals surface area contributed by atoms with Crippen LogP contribution in [0.15, 0.2) is 72.8 Å². The van der Waals surface area contributed by atoms with E-state index in [1.54, 1.807) is 12.1 Å². The Balaban J connectivity index is 1.49. The Morgan fingerprint density at radius 3 is 2.49 bits per heavy atom. The molecule has 1 aromatic heterocycles. The maximum Gasteiger partial charge on any atom is 0.319 e. The fraction of sp³-hybridized carbons (Fsp3) is 0.154. The van der Waals surface area contributed by atoms with Gasteiger partial charge >= 0.3 is 6.03 Å². The SMILES string of the molecule is Cc1cccc(NC(=O)NC(Cc2ccccc2)C(=O)Nc2nnc(-c3cccc(Cl)c3)s2)c1C. The van der Waals surface area contributed by atoms with Crippen LogP contribution in [0.5, 0.6) is 0 Å². The van der Waals surface area contributed by atoms with Gasteiger partial charge in [-0.1, -0.05) is 77.5 Å². The summed E-state index contributed by atoms with van der Waals surface area (Å²) in [5.74, 6) is -0.390. The zero-order chi connectivity index (χ0) is 24.8. The van der Waals surface area contributed by atoms with Crippen molar-refractivity contribution in [3.05, 3.63) is 94.5 Å². The summed E-state index contributed by atoms with van der Waals surface area (Å²) in [5.41, 5.74) is 4.44. The van der Waals surface area contributed by atoms with Gasteiger partial charge in [-0.25, -0.2) is 4.79 Å². The van der Waals surface area contributed by atoms with Gasteiger partial charge in [0.25, 0.3) is 0 Å². The van der Waals surface area contributed by atoms with Crippen molar-refractivity contribution in [2.24, 2.45) is 0 Å². The minimum atomic E-state index is -0.832. The molecule has 4 rings (SSSR count). The van der Waals surface area contributed by atoms with Crippen LogP contribution in [0.4, 0.5) is 15.6 Å². The fourth-order valence-electron chi connectivity index (χ4n) is 3.47. The number of nitrogens with zero attached hydrogens (tertiary/aromatic N) is 2. The van der Waals surface area contributed by atoms with Crippen LogP contribution in [0, 0.1) is 13.8 Å². The number of rotatable bonds is 7. The van der Waals surface area contributed by atoms with Gasteiger partial charge in [-0.15, -0.1) is 10.2 Å². The largest absolute Gasteiger partial charge is 0.326 e. The number of hydrogen-bond acceptors (Lipinski definition) is 5. The van der Waals surface area contributed by atoms with Crippen LogP contribution in [0.25, 0.3) is 10.6 Å². The molecular formula is C26H24ClN5O2S. The molecule has 0 bridgehead atoms. The molecule has 0 saturated heterocycles. The van der Waals surface area contributed by atoms with Gasteiger partial charge in [0.15, 0.2) is 0 Å². The molecule has 7 nitrogen and oxygen atoms in total. The van der Waals surface area contributed by atoms with Crippen LogP contribution in [0.1, 0.15) is 16.7 Å². The second kappa shape index (κ2) is 11.1. The first kappa shape index (κ1) is 24.4. The Kier molecular flexibility index (Phi) is 7.74. The average molecular weight is 506 g/mol. The number of hydrogen-bond donors (Lipinski definition) is 3. The van der Waals surface area contributed by atoms with Gasteiger partial charge in [0, 0.05) is 22.7 Å². The van der Waals surface area contributed by atoms with E-state index in [2.05, 4.69) is 26.1 Å². The molecule has 0 radical (unpaired) electrons. The van der Waals surface area contributed by atoms with Crippen molar-refractivity contribution in [3.63, 3.8) is 0 Å². The highest BCUT2D eigenvalue weighted by Crippen LogP contribution is 2.28. The van der Waals surface area contributed by atoms with Gasteiger partial charge in [0.05, 0.1) is 0 Å². The number of carbonyl (C=O) groups is 2. The number of anilines is 2. The lowest BCUT2D eigenvalue weighted by atomic mass is 10.1. The Bertz CT molecular complexity index is 1340. The standard InChI is InChI=1S/C26H24ClN5O2S/c1-16-8-6-13-21(17(16)2)28-25(34)29-22(14-18-9-4-3-5-10-18)23(33)30-26-32-31-24(35-26)19-11-7-12-20(27)15-19/h3-13,15,22H,14H2,1-2H3,(H2,28,29,34)(H,30,32,33). The van der Waals surface area contributed by atoms with E-state index in [0.29, 0.717) is 27.3 Å². The number of aryl methyl sites for hydroxylation is 1. The molecule has 0 saturated carbocycles. The average Bonchev–Trinajstić information content (AvgIpc) is 3.31. The van der Waals surface area contributed by atoms with Crippen molar-refractivity contribution in [1.82, 2.24) is 15.5 Å².